The fourth-order valence-electron chi connectivity index (χ4n) is 2.69. The SMILES string of the molecule is Cc1[nH]c2ccccc2c1C(C)(C)CCC(=O)O. The van der Waals surface area contributed by atoms with Crippen LogP contribution in [0.15, 0.2) is 24.3 Å². The first-order chi connectivity index (χ1) is 8.42. The molecular weight excluding hydrogens is 226 g/mol. The van der Waals surface area contributed by atoms with E-state index in [1.54, 1.807) is 0 Å². The number of carboxylic acids is 1. The minimum Gasteiger partial charge on any atom is -0.481 e. The monoisotopic (exact) mass is 245 g/mol. The van der Waals surface area contributed by atoms with Crippen LogP contribution in [0.2, 0.25) is 0 Å². The molecule has 0 unspecified atom stereocenters. The molecular formula is C15H19NO2. The Labute approximate surface area is 107 Å². The van der Waals surface area contributed by atoms with Crippen LogP contribution in [0.1, 0.15) is 37.9 Å². The van der Waals surface area contributed by atoms with Crippen LogP contribution in [-0.4, -0.2) is 16.1 Å². The van der Waals surface area contributed by atoms with Gasteiger partial charge in [-0.05, 0) is 30.4 Å². The molecule has 0 saturated heterocycles. The van der Waals surface area contributed by atoms with Gasteiger partial charge in [0.25, 0.3) is 0 Å². The maximum absolute atomic E-state index is 10.8. The van der Waals surface area contributed by atoms with Crippen molar-refractivity contribution in [2.24, 2.45) is 0 Å². The first-order valence-corrected chi connectivity index (χ1v) is 6.21. The molecule has 0 radical (unpaired) electrons. The number of para-hydroxylation sites is 1. The molecule has 3 nitrogen and oxygen atoms in total. The summed E-state index contributed by atoms with van der Waals surface area (Å²) in [5, 5.41) is 10.0. The van der Waals surface area contributed by atoms with Gasteiger partial charge in [0.15, 0.2) is 0 Å². The minimum atomic E-state index is -0.736. The summed E-state index contributed by atoms with van der Waals surface area (Å²) in [6.07, 6.45) is 0.844. The molecule has 0 atom stereocenters. The van der Waals surface area contributed by atoms with Crippen LogP contribution in [0.3, 0.4) is 0 Å². The molecule has 2 N–H and O–H groups in total. The number of carboxylic acid groups (broad SMARTS) is 1. The fourth-order valence-corrected chi connectivity index (χ4v) is 2.69. The third-order valence-corrected chi connectivity index (χ3v) is 3.53. The van der Waals surface area contributed by atoms with Gasteiger partial charge in [0.2, 0.25) is 0 Å². The number of benzene rings is 1. The largest absolute Gasteiger partial charge is 0.481 e. The molecule has 2 rings (SSSR count). The Hall–Kier alpha value is -1.77. The zero-order valence-corrected chi connectivity index (χ0v) is 11.1. The van der Waals surface area contributed by atoms with Gasteiger partial charge in [-0.3, -0.25) is 4.79 Å². The number of fused-ring (bicyclic) bond motifs is 1. The third kappa shape index (κ3) is 2.26. The lowest BCUT2D eigenvalue weighted by Gasteiger charge is -2.25. The third-order valence-electron chi connectivity index (χ3n) is 3.53. The number of hydrogen-bond donors (Lipinski definition) is 2. The second kappa shape index (κ2) is 4.48. The lowest BCUT2D eigenvalue weighted by Crippen LogP contribution is -2.19. The smallest absolute Gasteiger partial charge is 0.303 e. The number of aromatic amines is 1. The zero-order chi connectivity index (χ0) is 13.3. The summed E-state index contributed by atoms with van der Waals surface area (Å²) in [6, 6.07) is 8.18. The molecule has 0 amide bonds. The summed E-state index contributed by atoms with van der Waals surface area (Å²) in [5.74, 6) is -0.736. The molecule has 0 aliphatic carbocycles. The Kier molecular flexibility index (Phi) is 3.16. The fraction of sp³-hybridized carbons (Fsp3) is 0.400. The Morgan fingerprint density at radius 3 is 2.67 bits per heavy atom. The van der Waals surface area contributed by atoms with Gasteiger partial charge in [-0.1, -0.05) is 32.0 Å². The first-order valence-electron chi connectivity index (χ1n) is 6.21. The van der Waals surface area contributed by atoms with Crippen molar-refractivity contribution >= 4 is 16.9 Å². The molecule has 0 aliphatic heterocycles. The van der Waals surface area contributed by atoms with Gasteiger partial charge in [0.05, 0.1) is 0 Å². The Bertz CT molecular complexity index is 581. The molecule has 0 saturated carbocycles. The van der Waals surface area contributed by atoms with Crippen LogP contribution < -0.4 is 0 Å². The number of nitrogens with one attached hydrogen (secondary N) is 1. The Morgan fingerprint density at radius 2 is 2.00 bits per heavy atom. The summed E-state index contributed by atoms with van der Waals surface area (Å²) in [7, 11) is 0. The molecule has 0 bridgehead atoms. The van der Waals surface area contributed by atoms with Crippen molar-refractivity contribution in [3.05, 3.63) is 35.5 Å². The van der Waals surface area contributed by atoms with E-state index in [-0.39, 0.29) is 11.8 Å². The Balaban J connectivity index is 2.45. The molecule has 0 spiro atoms. The van der Waals surface area contributed by atoms with E-state index in [0.29, 0.717) is 6.42 Å². The van der Waals surface area contributed by atoms with Crippen LogP contribution in [-0.2, 0) is 10.2 Å². The van der Waals surface area contributed by atoms with Crippen molar-refractivity contribution in [3.63, 3.8) is 0 Å². The maximum Gasteiger partial charge on any atom is 0.303 e. The lowest BCUT2D eigenvalue weighted by molar-refractivity contribution is -0.137. The topological polar surface area (TPSA) is 53.1 Å². The van der Waals surface area contributed by atoms with Gasteiger partial charge >= 0.3 is 5.97 Å². The van der Waals surface area contributed by atoms with Crippen molar-refractivity contribution in [3.8, 4) is 0 Å². The predicted octanol–water partition coefficient (Wildman–Crippen LogP) is 3.62. The van der Waals surface area contributed by atoms with E-state index in [2.05, 4.69) is 37.9 Å². The number of aryl methyl sites for hydroxylation is 1. The zero-order valence-electron chi connectivity index (χ0n) is 11.1. The standard InChI is InChI=1S/C15H19NO2/c1-10-14(15(2,3)9-8-13(17)18)11-6-4-5-7-12(11)16-10/h4-7,16H,8-9H2,1-3H3,(H,17,18). The second-order valence-electron chi connectivity index (χ2n) is 5.45. The summed E-state index contributed by atoms with van der Waals surface area (Å²) < 4.78 is 0. The van der Waals surface area contributed by atoms with Crippen molar-refractivity contribution < 1.29 is 9.90 Å². The highest BCUT2D eigenvalue weighted by molar-refractivity contribution is 5.85. The summed E-state index contributed by atoms with van der Waals surface area (Å²) in [5.41, 5.74) is 3.35. The van der Waals surface area contributed by atoms with Crippen LogP contribution in [0.25, 0.3) is 10.9 Å². The normalized spacial score (nSPS) is 11.9. The van der Waals surface area contributed by atoms with Crippen LogP contribution in [0.5, 0.6) is 0 Å². The predicted molar refractivity (Wildman–Crippen MR) is 72.9 cm³/mol. The maximum atomic E-state index is 10.8. The van der Waals surface area contributed by atoms with Gasteiger partial charge in [-0.2, -0.15) is 0 Å². The molecule has 1 heterocycles. The molecule has 18 heavy (non-hydrogen) atoms. The van der Waals surface area contributed by atoms with Crippen molar-refractivity contribution in [2.45, 2.75) is 39.0 Å². The molecule has 1 aromatic heterocycles. The number of rotatable bonds is 4. The van der Waals surface area contributed by atoms with Gasteiger partial charge in [0.1, 0.15) is 0 Å². The van der Waals surface area contributed by atoms with E-state index in [9.17, 15) is 4.79 Å². The number of aromatic nitrogens is 1. The number of hydrogen-bond acceptors (Lipinski definition) is 1. The van der Waals surface area contributed by atoms with Gasteiger partial charge in [0, 0.05) is 23.0 Å². The lowest BCUT2D eigenvalue weighted by atomic mass is 9.79. The van der Waals surface area contributed by atoms with E-state index in [1.165, 1.54) is 10.9 Å². The van der Waals surface area contributed by atoms with Crippen LogP contribution in [0.4, 0.5) is 0 Å². The van der Waals surface area contributed by atoms with E-state index < -0.39 is 5.97 Å². The molecule has 96 valence electrons. The summed E-state index contributed by atoms with van der Waals surface area (Å²) in [6.45, 7) is 6.27. The van der Waals surface area contributed by atoms with E-state index >= 15 is 0 Å². The van der Waals surface area contributed by atoms with Gasteiger partial charge in [-0.25, -0.2) is 0 Å². The van der Waals surface area contributed by atoms with E-state index in [4.69, 9.17) is 5.11 Å². The van der Waals surface area contributed by atoms with Crippen molar-refractivity contribution in [1.82, 2.24) is 4.98 Å². The van der Waals surface area contributed by atoms with Gasteiger partial charge in [-0.15, -0.1) is 0 Å². The van der Waals surface area contributed by atoms with Crippen molar-refractivity contribution in [1.29, 1.82) is 0 Å². The average Bonchev–Trinajstić information content (AvgIpc) is 2.63. The molecule has 2 aromatic rings. The highest BCUT2D eigenvalue weighted by atomic mass is 16.4. The number of H-pyrrole nitrogens is 1. The minimum absolute atomic E-state index is 0.137. The second-order valence-corrected chi connectivity index (χ2v) is 5.45. The van der Waals surface area contributed by atoms with Crippen LogP contribution in [0, 0.1) is 6.92 Å². The Morgan fingerprint density at radius 1 is 1.33 bits per heavy atom. The van der Waals surface area contributed by atoms with Gasteiger partial charge < -0.3 is 10.1 Å². The number of carbonyl (C=O) groups is 1. The molecule has 3 heteroatoms. The molecule has 0 aliphatic rings. The van der Waals surface area contributed by atoms with Crippen LogP contribution >= 0.6 is 0 Å². The quantitative estimate of drug-likeness (QED) is 0.864. The average molecular weight is 245 g/mol. The van der Waals surface area contributed by atoms with E-state index in [1.807, 2.05) is 12.1 Å². The van der Waals surface area contributed by atoms with E-state index in [0.717, 1.165) is 11.2 Å². The molecule has 1 aromatic carbocycles. The number of aliphatic carboxylic acids is 1. The highest BCUT2D eigenvalue weighted by Crippen LogP contribution is 2.36. The molecule has 0 fully saturated rings. The highest BCUT2D eigenvalue weighted by Gasteiger charge is 2.26. The summed E-state index contributed by atoms with van der Waals surface area (Å²) in [4.78, 5) is 14.1. The van der Waals surface area contributed by atoms with Crippen molar-refractivity contribution in [2.75, 3.05) is 0 Å². The first kappa shape index (κ1) is 12.7. The summed E-state index contributed by atoms with van der Waals surface area (Å²) >= 11 is 0.